The highest BCUT2D eigenvalue weighted by molar-refractivity contribution is 5.89. The van der Waals surface area contributed by atoms with Crippen molar-refractivity contribution in [2.45, 2.75) is 18.4 Å². The van der Waals surface area contributed by atoms with Gasteiger partial charge in [0.15, 0.2) is 0 Å². The number of aliphatic carboxylic acids is 1. The lowest BCUT2D eigenvalue weighted by Crippen LogP contribution is -2.37. The number of carbonyl (C=O) groups is 2. The van der Waals surface area contributed by atoms with Gasteiger partial charge in [0, 0.05) is 29.6 Å². The van der Waals surface area contributed by atoms with E-state index in [0.29, 0.717) is 18.5 Å². The number of aromatic nitrogens is 1. The van der Waals surface area contributed by atoms with Crippen LogP contribution >= 0.6 is 0 Å². The van der Waals surface area contributed by atoms with Gasteiger partial charge in [-0.05, 0) is 42.3 Å². The Kier molecular flexibility index (Phi) is 4.75. The zero-order valence-electron chi connectivity index (χ0n) is 15.3. The zero-order valence-corrected chi connectivity index (χ0v) is 15.3. The summed E-state index contributed by atoms with van der Waals surface area (Å²) in [5, 5.41) is 11.8. The van der Waals surface area contributed by atoms with E-state index < -0.39 is 18.0 Å². The monoisotopic (exact) mass is 380 g/mol. The molecule has 2 aromatic carbocycles. The SMILES string of the molecule is COc1cc(C2C[C@H](C(=O)O)N(OC(=O)c3ccccc3)C2)cc2[nH]ccc12. The fourth-order valence-corrected chi connectivity index (χ4v) is 3.66. The first kappa shape index (κ1) is 18.1. The van der Waals surface area contributed by atoms with Crippen LogP contribution in [0.5, 0.6) is 5.75 Å². The summed E-state index contributed by atoms with van der Waals surface area (Å²) in [7, 11) is 1.61. The molecule has 1 saturated heterocycles. The molecule has 28 heavy (non-hydrogen) atoms. The van der Waals surface area contributed by atoms with Crippen molar-refractivity contribution in [3.05, 3.63) is 65.9 Å². The van der Waals surface area contributed by atoms with E-state index in [1.807, 2.05) is 24.4 Å². The Hall–Kier alpha value is -3.32. The van der Waals surface area contributed by atoms with Crippen LogP contribution in [0, 0.1) is 0 Å². The molecule has 4 rings (SSSR count). The molecule has 0 saturated carbocycles. The Labute approximate surface area is 161 Å². The van der Waals surface area contributed by atoms with Crippen LogP contribution in [0.2, 0.25) is 0 Å². The van der Waals surface area contributed by atoms with E-state index in [-0.39, 0.29) is 5.92 Å². The maximum absolute atomic E-state index is 12.4. The number of nitrogens with zero attached hydrogens (tertiary/aromatic N) is 1. The first-order chi connectivity index (χ1) is 13.6. The van der Waals surface area contributed by atoms with Crippen LogP contribution in [0.15, 0.2) is 54.7 Å². The first-order valence-electron chi connectivity index (χ1n) is 8.98. The fraction of sp³-hybridized carbons (Fsp3) is 0.238. The molecule has 0 aliphatic carbocycles. The van der Waals surface area contributed by atoms with Crippen LogP contribution in [-0.4, -0.2) is 46.8 Å². The molecule has 2 heterocycles. The van der Waals surface area contributed by atoms with Crippen molar-refractivity contribution in [3.63, 3.8) is 0 Å². The number of aromatic amines is 1. The zero-order chi connectivity index (χ0) is 19.7. The Morgan fingerprint density at radius 1 is 1.18 bits per heavy atom. The van der Waals surface area contributed by atoms with E-state index >= 15 is 0 Å². The number of H-pyrrole nitrogens is 1. The number of nitrogens with one attached hydrogen (secondary N) is 1. The molecule has 0 radical (unpaired) electrons. The van der Waals surface area contributed by atoms with Crippen molar-refractivity contribution >= 4 is 22.8 Å². The number of methoxy groups -OCH3 is 1. The van der Waals surface area contributed by atoms with Gasteiger partial charge in [0.1, 0.15) is 11.8 Å². The normalized spacial score (nSPS) is 19.6. The third-order valence-corrected chi connectivity index (χ3v) is 5.10. The number of fused-ring (bicyclic) bond motifs is 1. The second kappa shape index (κ2) is 7.36. The second-order valence-corrected chi connectivity index (χ2v) is 6.79. The standard InChI is InChI=1S/C21H20N2O5/c1-27-19-11-14(9-17-16(19)7-8-22-17)15-10-18(20(24)25)23(12-15)28-21(26)13-5-3-2-4-6-13/h2-9,11,15,18,22H,10,12H2,1H3,(H,24,25)/t15?,18-/m1/s1. The van der Waals surface area contributed by atoms with Crippen LogP contribution in [0.1, 0.15) is 28.3 Å². The highest BCUT2D eigenvalue weighted by Crippen LogP contribution is 2.37. The van der Waals surface area contributed by atoms with Gasteiger partial charge in [-0.2, -0.15) is 0 Å². The molecular formula is C21H20N2O5. The Morgan fingerprint density at radius 3 is 2.68 bits per heavy atom. The first-order valence-corrected chi connectivity index (χ1v) is 8.98. The number of benzene rings is 2. The smallest absolute Gasteiger partial charge is 0.357 e. The average Bonchev–Trinajstić information content (AvgIpc) is 3.34. The van der Waals surface area contributed by atoms with E-state index in [9.17, 15) is 14.7 Å². The molecule has 1 aliphatic rings. The number of rotatable bonds is 5. The number of hydroxylamine groups is 2. The highest BCUT2D eigenvalue weighted by Gasteiger charge is 2.40. The molecule has 7 nitrogen and oxygen atoms in total. The minimum atomic E-state index is -1.02. The van der Waals surface area contributed by atoms with Gasteiger partial charge in [-0.25, -0.2) is 4.79 Å². The molecular weight excluding hydrogens is 360 g/mol. The largest absolute Gasteiger partial charge is 0.496 e. The van der Waals surface area contributed by atoms with Crippen LogP contribution in [-0.2, 0) is 9.63 Å². The molecule has 7 heteroatoms. The summed E-state index contributed by atoms with van der Waals surface area (Å²) in [6, 6.07) is 13.5. The minimum absolute atomic E-state index is 0.105. The maximum atomic E-state index is 12.4. The topological polar surface area (TPSA) is 91.9 Å². The van der Waals surface area contributed by atoms with E-state index in [2.05, 4.69) is 4.98 Å². The third kappa shape index (κ3) is 3.32. The van der Waals surface area contributed by atoms with Gasteiger partial charge in [-0.15, -0.1) is 5.06 Å². The molecule has 0 spiro atoms. The molecule has 1 unspecified atom stereocenters. The van der Waals surface area contributed by atoms with E-state index in [4.69, 9.17) is 9.57 Å². The summed E-state index contributed by atoms with van der Waals surface area (Å²) < 4.78 is 5.47. The summed E-state index contributed by atoms with van der Waals surface area (Å²) in [5.74, 6) is -0.965. The summed E-state index contributed by atoms with van der Waals surface area (Å²) in [4.78, 5) is 32.7. The van der Waals surface area contributed by atoms with Crippen molar-refractivity contribution in [1.82, 2.24) is 10.0 Å². The average molecular weight is 380 g/mol. The molecule has 2 atom stereocenters. The van der Waals surface area contributed by atoms with Crippen LogP contribution in [0.4, 0.5) is 0 Å². The number of carbonyl (C=O) groups excluding carboxylic acids is 1. The summed E-state index contributed by atoms with van der Waals surface area (Å²) in [6.07, 6.45) is 2.17. The van der Waals surface area contributed by atoms with Crippen molar-refractivity contribution in [1.29, 1.82) is 0 Å². The lowest BCUT2D eigenvalue weighted by atomic mass is 9.95. The maximum Gasteiger partial charge on any atom is 0.357 e. The highest BCUT2D eigenvalue weighted by atomic mass is 16.7. The molecule has 2 N–H and O–H groups in total. The molecule has 144 valence electrons. The Balaban J connectivity index is 1.59. The molecule has 1 aliphatic heterocycles. The lowest BCUT2D eigenvalue weighted by Gasteiger charge is -2.19. The van der Waals surface area contributed by atoms with Gasteiger partial charge >= 0.3 is 11.9 Å². The number of carboxylic acid groups (broad SMARTS) is 1. The van der Waals surface area contributed by atoms with Gasteiger partial charge in [0.05, 0.1) is 12.7 Å². The number of hydrogen-bond donors (Lipinski definition) is 2. The quantitative estimate of drug-likeness (QED) is 0.706. The minimum Gasteiger partial charge on any atom is -0.496 e. The number of ether oxygens (including phenoxy) is 1. The van der Waals surface area contributed by atoms with Crippen LogP contribution in [0.25, 0.3) is 10.9 Å². The molecule has 1 fully saturated rings. The second-order valence-electron chi connectivity index (χ2n) is 6.79. The Bertz CT molecular complexity index is 1010. The molecule has 3 aromatic rings. The van der Waals surface area contributed by atoms with E-state index in [1.165, 1.54) is 5.06 Å². The number of carboxylic acids is 1. The van der Waals surface area contributed by atoms with Gasteiger partial charge in [0.25, 0.3) is 0 Å². The van der Waals surface area contributed by atoms with E-state index in [0.717, 1.165) is 22.2 Å². The fourth-order valence-electron chi connectivity index (χ4n) is 3.66. The summed E-state index contributed by atoms with van der Waals surface area (Å²) >= 11 is 0. The molecule has 0 bridgehead atoms. The molecule has 1 aromatic heterocycles. The number of hydrogen-bond acceptors (Lipinski definition) is 5. The third-order valence-electron chi connectivity index (χ3n) is 5.10. The van der Waals surface area contributed by atoms with Gasteiger partial charge in [-0.3, -0.25) is 4.79 Å². The van der Waals surface area contributed by atoms with Crippen LogP contribution < -0.4 is 4.74 Å². The summed E-state index contributed by atoms with van der Waals surface area (Å²) in [5.41, 5.74) is 2.24. The lowest BCUT2D eigenvalue weighted by molar-refractivity contribution is -0.162. The van der Waals surface area contributed by atoms with Crippen molar-refractivity contribution < 1.29 is 24.3 Å². The van der Waals surface area contributed by atoms with Crippen molar-refractivity contribution in [2.24, 2.45) is 0 Å². The molecule has 0 amide bonds. The van der Waals surface area contributed by atoms with Crippen molar-refractivity contribution in [2.75, 3.05) is 13.7 Å². The predicted molar refractivity (Wildman–Crippen MR) is 102 cm³/mol. The Morgan fingerprint density at radius 2 is 1.96 bits per heavy atom. The van der Waals surface area contributed by atoms with Crippen LogP contribution in [0.3, 0.4) is 0 Å². The van der Waals surface area contributed by atoms with E-state index in [1.54, 1.807) is 37.4 Å². The van der Waals surface area contributed by atoms with Gasteiger partial charge in [-0.1, -0.05) is 18.2 Å². The van der Waals surface area contributed by atoms with Gasteiger partial charge in [0.2, 0.25) is 0 Å². The van der Waals surface area contributed by atoms with Crippen molar-refractivity contribution in [3.8, 4) is 5.75 Å². The van der Waals surface area contributed by atoms with Gasteiger partial charge < -0.3 is 19.7 Å². The summed E-state index contributed by atoms with van der Waals surface area (Å²) in [6.45, 7) is 0.297. The predicted octanol–water partition coefficient (Wildman–Crippen LogP) is 3.19.